The van der Waals surface area contributed by atoms with Crippen LogP contribution in [-0.4, -0.2) is 30.9 Å². The van der Waals surface area contributed by atoms with E-state index in [1.807, 2.05) is 6.79 Å². The van der Waals surface area contributed by atoms with Gasteiger partial charge in [-0.25, -0.2) is 4.79 Å². The third-order valence-corrected chi connectivity index (χ3v) is 1.96. The fraction of sp³-hybridized carbons (Fsp3) is 0.154. The Morgan fingerprint density at radius 2 is 2.21 bits per heavy atom. The van der Waals surface area contributed by atoms with E-state index >= 15 is 0 Å². The standard InChI is InChI=1S/C12H11NO4.CH2O/c1-2-9-3-4-10(6-13-8-14)11(5-9)17-7-12(15)16;1-2/h1,3-5,8H,6-7H2,(H,13,14)(H,15,16);1H2. The van der Waals surface area contributed by atoms with E-state index in [9.17, 15) is 9.59 Å². The Balaban J connectivity index is 0.00000154. The second-order valence-electron chi connectivity index (χ2n) is 3.15. The minimum absolute atomic E-state index is 0.253. The van der Waals surface area contributed by atoms with Crippen LogP contribution in [0.2, 0.25) is 0 Å². The van der Waals surface area contributed by atoms with Gasteiger partial charge in [0.05, 0.1) is 0 Å². The van der Waals surface area contributed by atoms with Gasteiger partial charge in [-0.3, -0.25) is 4.79 Å². The van der Waals surface area contributed by atoms with Crippen molar-refractivity contribution in [1.82, 2.24) is 5.32 Å². The summed E-state index contributed by atoms with van der Waals surface area (Å²) in [4.78, 5) is 28.6. The van der Waals surface area contributed by atoms with Gasteiger partial charge in [0, 0.05) is 17.7 Å². The Morgan fingerprint density at radius 3 is 2.74 bits per heavy atom. The van der Waals surface area contributed by atoms with Crippen LogP contribution < -0.4 is 10.1 Å². The van der Waals surface area contributed by atoms with E-state index in [1.54, 1.807) is 18.2 Å². The molecule has 0 bridgehead atoms. The Hall–Kier alpha value is -2.81. The highest BCUT2D eigenvalue weighted by Gasteiger charge is 2.06. The number of terminal acetylenes is 1. The lowest BCUT2D eigenvalue weighted by atomic mass is 10.1. The number of carboxylic acid groups (broad SMARTS) is 1. The first-order chi connectivity index (χ1) is 9.17. The van der Waals surface area contributed by atoms with E-state index in [2.05, 4.69) is 11.2 Å². The van der Waals surface area contributed by atoms with Crippen molar-refractivity contribution in [3.05, 3.63) is 29.3 Å². The predicted octanol–water partition coefficient (Wildman–Crippen LogP) is 0.192. The first kappa shape index (κ1) is 16.2. The SMILES string of the molecule is C#Cc1ccc(CNC=O)c(OCC(=O)O)c1.C=O. The van der Waals surface area contributed by atoms with Gasteiger partial charge in [0.2, 0.25) is 6.41 Å². The van der Waals surface area contributed by atoms with Crippen molar-refractivity contribution in [2.24, 2.45) is 0 Å². The Morgan fingerprint density at radius 1 is 1.53 bits per heavy atom. The zero-order valence-corrected chi connectivity index (χ0v) is 10.1. The maximum Gasteiger partial charge on any atom is 0.341 e. The Labute approximate surface area is 110 Å². The average molecular weight is 263 g/mol. The predicted molar refractivity (Wildman–Crippen MR) is 67.5 cm³/mol. The molecule has 0 saturated carbocycles. The lowest BCUT2D eigenvalue weighted by Gasteiger charge is -2.10. The molecule has 1 aromatic carbocycles. The number of rotatable bonds is 6. The van der Waals surface area contributed by atoms with Crippen molar-refractivity contribution in [1.29, 1.82) is 0 Å². The van der Waals surface area contributed by atoms with E-state index < -0.39 is 12.6 Å². The molecular formula is C13H13NO5. The highest BCUT2D eigenvalue weighted by atomic mass is 16.5. The van der Waals surface area contributed by atoms with Crippen molar-refractivity contribution < 1.29 is 24.2 Å². The van der Waals surface area contributed by atoms with Crippen molar-refractivity contribution in [3.8, 4) is 18.1 Å². The van der Waals surface area contributed by atoms with Crippen LogP contribution in [0, 0.1) is 12.3 Å². The van der Waals surface area contributed by atoms with Crippen LogP contribution in [0.3, 0.4) is 0 Å². The summed E-state index contributed by atoms with van der Waals surface area (Å²) in [5.41, 5.74) is 1.25. The first-order valence-corrected chi connectivity index (χ1v) is 5.07. The highest BCUT2D eigenvalue weighted by Crippen LogP contribution is 2.20. The van der Waals surface area contributed by atoms with Gasteiger partial charge < -0.3 is 20.0 Å². The van der Waals surface area contributed by atoms with Crippen LogP contribution in [0.5, 0.6) is 5.75 Å². The summed E-state index contributed by atoms with van der Waals surface area (Å²) in [6.45, 7) is 1.80. The maximum atomic E-state index is 10.4. The number of carboxylic acids is 1. The molecule has 0 aromatic heterocycles. The number of nitrogens with one attached hydrogen (secondary N) is 1. The largest absolute Gasteiger partial charge is 0.482 e. The summed E-state index contributed by atoms with van der Waals surface area (Å²) in [5.74, 6) is 1.70. The van der Waals surface area contributed by atoms with Crippen LogP contribution in [0.4, 0.5) is 0 Å². The summed E-state index contributed by atoms with van der Waals surface area (Å²) in [7, 11) is 0. The number of benzene rings is 1. The molecule has 2 N–H and O–H groups in total. The molecular weight excluding hydrogens is 250 g/mol. The summed E-state index contributed by atoms with van der Waals surface area (Å²) < 4.78 is 5.09. The highest BCUT2D eigenvalue weighted by molar-refractivity contribution is 5.68. The molecule has 0 fully saturated rings. The molecule has 6 nitrogen and oxygen atoms in total. The van der Waals surface area contributed by atoms with Gasteiger partial charge in [-0.1, -0.05) is 12.0 Å². The minimum atomic E-state index is -1.08. The number of ether oxygens (including phenoxy) is 1. The van der Waals surface area contributed by atoms with E-state index in [-0.39, 0.29) is 6.54 Å². The Kier molecular flexibility index (Phi) is 7.88. The molecule has 100 valence electrons. The normalized spacial score (nSPS) is 8.37. The lowest BCUT2D eigenvalue weighted by molar-refractivity contribution is -0.139. The number of amides is 1. The van der Waals surface area contributed by atoms with E-state index in [4.69, 9.17) is 21.1 Å². The number of hydrogen-bond donors (Lipinski definition) is 2. The van der Waals surface area contributed by atoms with Crippen LogP contribution >= 0.6 is 0 Å². The molecule has 1 rings (SSSR count). The molecule has 0 unspecified atom stereocenters. The molecule has 0 aliphatic rings. The van der Waals surface area contributed by atoms with Gasteiger partial charge in [0.15, 0.2) is 6.61 Å². The molecule has 0 aliphatic carbocycles. The molecule has 0 saturated heterocycles. The quantitative estimate of drug-likeness (QED) is 0.564. The van der Waals surface area contributed by atoms with Crippen LogP contribution in [-0.2, 0) is 20.9 Å². The molecule has 0 atom stereocenters. The van der Waals surface area contributed by atoms with Gasteiger partial charge in [0.25, 0.3) is 0 Å². The van der Waals surface area contributed by atoms with Gasteiger partial charge in [-0.15, -0.1) is 6.42 Å². The van der Waals surface area contributed by atoms with E-state index in [0.717, 1.165) is 0 Å². The van der Waals surface area contributed by atoms with Crippen molar-refractivity contribution >= 4 is 19.2 Å². The zero-order valence-electron chi connectivity index (χ0n) is 10.1. The fourth-order valence-electron chi connectivity index (χ4n) is 1.22. The van der Waals surface area contributed by atoms with Gasteiger partial charge in [0.1, 0.15) is 12.5 Å². The number of carbonyl (C=O) groups is 3. The van der Waals surface area contributed by atoms with Gasteiger partial charge >= 0.3 is 5.97 Å². The topological polar surface area (TPSA) is 92.7 Å². The summed E-state index contributed by atoms with van der Waals surface area (Å²) in [5, 5.41) is 11.0. The van der Waals surface area contributed by atoms with Crippen molar-refractivity contribution in [3.63, 3.8) is 0 Å². The van der Waals surface area contributed by atoms with Gasteiger partial charge in [-0.2, -0.15) is 0 Å². The number of hydrogen-bond acceptors (Lipinski definition) is 4. The molecule has 1 amide bonds. The Bertz CT molecular complexity index is 478. The summed E-state index contributed by atoms with van der Waals surface area (Å²) in [6.07, 6.45) is 5.78. The van der Waals surface area contributed by atoms with Crippen molar-refractivity contribution in [2.75, 3.05) is 6.61 Å². The van der Waals surface area contributed by atoms with E-state index in [1.165, 1.54) is 0 Å². The van der Waals surface area contributed by atoms with Gasteiger partial charge in [-0.05, 0) is 12.1 Å². The second kappa shape index (κ2) is 9.24. The summed E-state index contributed by atoms with van der Waals surface area (Å²) in [6, 6.07) is 4.93. The molecule has 0 radical (unpaired) electrons. The third kappa shape index (κ3) is 5.89. The first-order valence-electron chi connectivity index (χ1n) is 5.07. The number of carbonyl (C=O) groups excluding carboxylic acids is 2. The van der Waals surface area contributed by atoms with Crippen LogP contribution in [0.25, 0.3) is 0 Å². The lowest BCUT2D eigenvalue weighted by Crippen LogP contribution is -2.14. The van der Waals surface area contributed by atoms with Crippen molar-refractivity contribution in [2.45, 2.75) is 6.54 Å². The minimum Gasteiger partial charge on any atom is -0.482 e. The average Bonchev–Trinajstić information content (AvgIpc) is 2.45. The van der Waals surface area contributed by atoms with Crippen LogP contribution in [0.1, 0.15) is 11.1 Å². The number of aliphatic carboxylic acids is 1. The zero-order chi connectivity index (χ0) is 14.7. The third-order valence-electron chi connectivity index (χ3n) is 1.96. The molecule has 6 heteroatoms. The molecule has 1 aromatic rings. The molecule has 0 aliphatic heterocycles. The monoisotopic (exact) mass is 263 g/mol. The molecule has 0 spiro atoms. The maximum absolute atomic E-state index is 10.4. The summed E-state index contributed by atoms with van der Waals surface area (Å²) >= 11 is 0. The second-order valence-corrected chi connectivity index (χ2v) is 3.15. The van der Waals surface area contributed by atoms with Crippen LogP contribution in [0.15, 0.2) is 18.2 Å². The van der Waals surface area contributed by atoms with E-state index in [0.29, 0.717) is 23.3 Å². The fourth-order valence-corrected chi connectivity index (χ4v) is 1.22. The molecule has 19 heavy (non-hydrogen) atoms. The smallest absolute Gasteiger partial charge is 0.341 e. The molecule has 0 heterocycles.